The fourth-order valence-electron chi connectivity index (χ4n) is 9.96. The van der Waals surface area contributed by atoms with Gasteiger partial charge < -0.3 is 39.2 Å². The number of halogens is 1. The molecule has 7 heterocycles. The van der Waals surface area contributed by atoms with Crippen LogP contribution in [0.25, 0.3) is 33.3 Å². The number of carbonyl (C=O) groups excluding carboxylic acids is 4. The number of amides is 4. The van der Waals surface area contributed by atoms with E-state index >= 15 is 4.39 Å². The Balaban J connectivity index is 0.954. The first-order chi connectivity index (χ1) is 31.3. The Labute approximate surface area is 381 Å². The standard InChI is InChI=1S/C49H54FN7O7S/c1-26(2)43(53-48(60)62-5)45(58)55-14-7-9-38(55)35-19-32(23-51-35)28-11-12-37-31(17-28)21-40-42-34(50)18-30(22-41(42)64-47(57(37)40)29-13-16-65-25-29)33-20-36(52-24-33)39-10-8-15-56(39)46(59)44(27(3)4)54-49(61)63-6/h11-13,16-18,21-27,38-39,43-44,47H,7-10,14-15,19-20H2,1-6H3,(H,53,60)(H,54,61)/t38-,39-,43-,44-,47?/m0/s1. The van der Waals surface area contributed by atoms with Gasteiger partial charge in [-0.25, -0.2) is 14.0 Å². The summed E-state index contributed by atoms with van der Waals surface area (Å²) < 4.78 is 35.2. The average Bonchev–Trinajstić information content (AvgIpc) is 4.15. The second kappa shape index (κ2) is 17.9. The number of fused-ring (bicyclic) bond motifs is 5. The van der Waals surface area contributed by atoms with Gasteiger partial charge in [-0.15, -0.1) is 0 Å². The van der Waals surface area contributed by atoms with E-state index in [1.165, 1.54) is 14.2 Å². The highest BCUT2D eigenvalue weighted by atomic mass is 32.1. The van der Waals surface area contributed by atoms with E-state index in [2.05, 4.69) is 33.4 Å². The van der Waals surface area contributed by atoms with E-state index in [4.69, 9.17) is 24.2 Å². The van der Waals surface area contributed by atoms with Crippen LogP contribution in [0.1, 0.15) is 89.1 Å². The lowest BCUT2D eigenvalue weighted by molar-refractivity contribution is -0.134. The molecule has 16 heteroatoms. The molecule has 4 amide bonds. The summed E-state index contributed by atoms with van der Waals surface area (Å²) in [5, 5.41) is 10.4. The zero-order chi connectivity index (χ0) is 45.7. The van der Waals surface area contributed by atoms with Crippen LogP contribution in [0.15, 0.2) is 75.6 Å². The molecule has 65 heavy (non-hydrogen) atoms. The van der Waals surface area contributed by atoms with E-state index in [0.29, 0.717) is 48.5 Å². The quantitative estimate of drug-likeness (QED) is 0.153. The maximum Gasteiger partial charge on any atom is 0.407 e. The fraction of sp³-hybridized carbons (Fsp3) is 0.429. The molecule has 0 saturated carbocycles. The van der Waals surface area contributed by atoms with Gasteiger partial charge in [0.15, 0.2) is 0 Å². The lowest BCUT2D eigenvalue weighted by Crippen LogP contribution is -2.53. The van der Waals surface area contributed by atoms with Crippen molar-refractivity contribution in [3.05, 3.63) is 88.1 Å². The summed E-state index contributed by atoms with van der Waals surface area (Å²) in [5.41, 5.74) is 8.15. The first-order valence-electron chi connectivity index (χ1n) is 22.3. The second-order valence-corrected chi connectivity index (χ2v) is 18.8. The minimum Gasteiger partial charge on any atom is -0.465 e. The number of nitrogens with one attached hydrogen (secondary N) is 2. The summed E-state index contributed by atoms with van der Waals surface area (Å²) in [6.07, 6.45) is 6.02. The van der Waals surface area contributed by atoms with Crippen molar-refractivity contribution in [3.8, 4) is 17.0 Å². The third kappa shape index (κ3) is 8.21. The van der Waals surface area contributed by atoms with Crippen LogP contribution in [0.5, 0.6) is 5.75 Å². The van der Waals surface area contributed by atoms with Crippen molar-refractivity contribution < 1.29 is 37.8 Å². The number of carbonyl (C=O) groups is 4. The Morgan fingerprint density at radius 3 is 1.91 bits per heavy atom. The molecule has 4 aromatic rings. The molecule has 5 atom stereocenters. The number of aromatic nitrogens is 1. The van der Waals surface area contributed by atoms with E-state index in [0.717, 1.165) is 70.3 Å². The highest BCUT2D eigenvalue weighted by Crippen LogP contribution is 2.48. The molecule has 340 valence electrons. The molecule has 5 aliphatic rings. The molecule has 5 aliphatic heterocycles. The highest BCUT2D eigenvalue weighted by molar-refractivity contribution is 7.08. The minimum atomic E-state index is -0.737. The van der Waals surface area contributed by atoms with Gasteiger partial charge >= 0.3 is 12.2 Å². The summed E-state index contributed by atoms with van der Waals surface area (Å²) in [6, 6.07) is 11.9. The number of nitrogens with zero attached hydrogens (tertiary/aromatic N) is 5. The van der Waals surface area contributed by atoms with Crippen LogP contribution in [0.4, 0.5) is 14.0 Å². The molecular weight excluding hydrogens is 850 g/mol. The molecule has 1 unspecified atom stereocenters. The molecule has 0 aliphatic carbocycles. The third-order valence-corrected chi connectivity index (χ3v) is 14.0. The van der Waals surface area contributed by atoms with E-state index < -0.39 is 36.3 Å². The lowest BCUT2D eigenvalue weighted by atomic mass is 9.95. The predicted molar refractivity (Wildman–Crippen MR) is 248 cm³/mol. The number of hydrogen-bond acceptors (Lipinski definition) is 10. The molecule has 2 N–H and O–H groups in total. The monoisotopic (exact) mass is 903 g/mol. The number of alkyl carbamates (subject to hydrolysis) is 2. The third-order valence-electron chi connectivity index (χ3n) is 13.3. The van der Waals surface area contributed by atoms with Gasteiger partial charge in [-0.1, -0.05) is 33.8 Å². The fourth-order valence-corrected chi connectivity index (χ4v) is 10.6. The molecule has 2 aromatic carbocycles. The number of aliphatic imine (C=N–C) groups is 2. The number of hydrogen-bond donors (Lipinski definition) is 2. The first-order valence-corrected chi connectivity index (χ1v) is 23.3. The van der Waals surface area contributed by atoms with Gasteiger partial charge in [0.25, 0.3) is 0 Å². The maximum atomic E-state index is 16.8. The average molecular weight is 904 g/mol. The van der Waals surface area contributed by atoms with Gasteiger partial charge in [0.2, 0.25) is 18.0 Å². The van der Waals surface area contributed by atoms with Crippen molar-refractivity contribution >= 4 is 68.8 Å². The molecule has 2 aromatic heterocycles. The van der Waals surface area contributed by atoms with E-state index in [1.807, 2.05) is 67.8 Å². The molecular formula is C49H54FN7O7S. The molecule has 0 bridgehead atoms. The number of benzene rings is 2. The van der Waals surface area contributed by atoms with Crippen LogP contribution in [0.3, 0.4) is 0 Å². The summed E-state index contributed by atoms with van der Waals surface area (Å²) in [6.45, 7) is 8.72. The van der Waals surface area contributed by atoms with E-state index in [9.17, 15) is 19.2 Å². The Bertz CT molecular complexity index is 2680. The first kappa shape index (κ1) is 43.9. The molecule has 0 radical (unpaired) electrons. The van der Waals surface area contributed by atoms with E-state index in [1.54, 1.807) is 28.5 Å². The molecule has 0 spiro atoms. The van der Waals surface area contributed by atoms with Crippen LogP contribution in [0, 0.1) is 17.7 Å². The van der Waals surface area contributed by atoms with Crippen molar-refractivity contribution in [2.45, 2.75) is 96.6 Å². The Hall–Kier alpha value is -6.29. The van der Waals surface area contributed by atoms with Crippen LogP contribution >= 0.6 is 11.3 Å². The largest absolute Gasteiger partial charge is 0.465 e. The normalized spacial score (nSPS) is 21.0. The number of ether oxygens (including phenoxy) is 3. The maximum absolute atomic E-state index is 16.8. The predicted octanol–water partition coefficient (Wildman–Crippen LogP) is 8.56. The zero-order valence-corrected chi connectivity index (χ0v) is 38.2. The van der Waals surface area contributed by atoms with Crippen molar-refractivity contribution in [3.63, 3.8) is 0 Å². The molecule has 2 fully saturated rings. The molecule has 2 saturated heterocycles. The van der Waals surface area contributed by atoms with Gasteiger partial charge in [0.1, 0.15) is 23.7 Å². The number of thiophene rings is 1. The SMILES string of the molecule is COC(=O)N[C@H](C(=O)N1CCC[C@H]1C1=NC=C(c2cc(F)c3c(c2)OC(c2ccsc2)n2c-3cc3cc(C4=CN=C([C@@H]5CCCN5C(=O)[C@@H](NC(=O)OC)C(C)C)C4)ccc32)C1)C(C)C. The van der Waals surface area contributed by atoms with Crippen LogP contribution in [-0.2, 0) is 19.1 Å². The Kier molecular flexibility index (Phi) is 12.1. The van der Waals surface area contributed by atoms with Crippen LogP contribution in [-0.4, -0.2) is 101 Å². The van der Waals surface area contributed by atoms with Gasteiger partial charge in [-0.2, -0.15) is 11.3 Å². The topological polar surface area (TPSA) is 156 Å². The van der Waals surface area contributed by atoms with Crippen molar-refractivity contribution in [2.24, 2.45) is 21.8 Å². The van der Waals surface area contributed by atoms with Crippen molar-refractivity contribution in [1.82, 2.24) is 25.0 Å². The van der Waals surface area contributed by atoms with Gasteiger partial charge in [-0.05, 0) is 107 Å². The van der Waals surface area contributed by atoms with E-state index in [-0.39, 0.29) is 35.7 Å². The molecule has 9 rings (SSSR count). The lowest BCUT2D eigenvalue weighted by Gasteiger charge is -2.31. The Morgan fingerprint density at radius 1 is 0.785 bits per heavy atom. The highest BCUT2D eigenvalue weighted by Gasteiger charge is 2.41. The number of allylic oxidation sites excluding steroid dienone is 2. The summed E-state index contributed by atoms with van der Waals surface area (Å²) in [7, 11) is 2.57. The molecule has 14 nitrogen and oxygen atoms in total. The van der Waals surface area contributed by atoms with Gasteiger partial charge in [0, 0.05) is 60.7 Å². The second-order valence-electron chi connectivity index (χ2n) is 18.0. The van der Waals surface area contributed by atoms with Gasteiger partial charge in [0.05, 0.1) is 43.1 Å². The zero-order valence-electron chi connectivity index (χ0n) is 37.4. The van der Waals surface area contributed by atoms with Crippen LogP contribution in [0.2, 0.25) is 0 Å². The number of likely N-dealkylation sites (tertiary alicyclic amines) is 2. The van der Waals surface area contributed by atoms with Crippen molar-refractivity contribution in [2.75, 3.05) is 27.3 Å². The van der Waals surface area contributed by atoms with Crippen molar-refractivity contribution in [1.29, 1.82) is 0 Å². The smallest absolute Gasteiger partial charge is 0.407 e. The Morgan fingerprint density at radius 2 is 1.37 bits per heavy atom. The summed E-state index contributed by atoms with van der Waals surface area (Å²) >= 11 is 1.57. The number of rotatable bonds is 11. The summed E-state index contributed by atoms with van der Waals surface area (Å²) in [5.74, 6) is -0.572. The number of methoxy groups -OCH3 is 2. The van der Waals surface area contributed by atoms with Crippen LogP contribution < -0.4 is 15.4 Å². The minimum absolute atomic E-state index is 0.126. The summed E-state index contributed by atoms with van der Waals surface area (Å²) in [4.78, 5) is 65.1. The van der Waals surface area contributed by atoms with Gasteiger partial charge in [-0.3, -0.25) is 19.6 Å².